The van der Waals surface area contributed by atoms with Crippen LogP contribution in [0.1, 0.15) is 30.0 Å². The zero-order valence-electron chi connectivity index (χ0n) is 11.4. The van der Waals surface area contributed by atoms with E-state index in [4.69, 9.17) is 0 Å². The molecule has 0 fully saturated rings. The van der Waals surface area contributed by atoms with Gasteiger partial charge in [-0.1, -0.05) is 12.1 Å². The summed E-state index contributed by atoms with van der Waals surface area (Å²) in [6, 6.07) is 1.73. The number of nitrogens with zero attached hydrogens (tertiary/aromatic N) is 3. The van der Waals surface area contributed by atoms with E-state index in [2.05, 4.69) is 10.1 Å². The minimum Gasteiger partial charge on any atom is -0.239 e. The van der Waals surface area contributed by atoms with Crippen molar-refractivity contribution in [1.29, 1.82) is 0 Å². The summed E-state index contributed by atoms with van der Waals surface area (Å²) in [7, 11) is -5.88. The lowest BCUT2D eigenvalue weighted by Crippen LogP contribution is -2.25. The van der Waals surface area contributed by atoms with Crippen molar-refractivity contribution < 1.29 is 34.8 Å². The van der Waals surface area contributed by atoms with E-state index in [0.717, 1.165) is 18.2 Å². The van der Waals surface area contributed by atoms with Gasteiger partial charge in [-0.25, -0.2) is 26.3 Å². The van der Waals surface area contributed by atoms with Crippen molar-refractivity contribution in [3.63, 3.8) is 0 Å². The Morgan fingerprint density at radius 3 is 2.50 bits per heavy atom. The second kappa shape index (κ2) is 5.19. The molecular formula is C12H7F6N3O2S. The highest BCUT2D eigenvalue weighted by atomic mass is 32.2. The fraction of sp³-hybridized carbons (Fsp3) is 0.333. The van der Waals surface area contributed by atoms with E-state index in [1.807, 2.05) is 0 Å². The molecular weight excluding hydrogens is 364 g/mol. The normalized spacial score (nSPS) is 21.1. The van der Waals surface area contributed by atoms with Crippen LogP contribution in [0, 0.1) is 11.6 Å². The molecule has 2 aromatic rings. The van der Waals surface area contributed by atoms with E-state index in [1.54, 1.807) is 0 Å². The largest absolute Gasteiger partial charge is 0.505 e. The average molecular weight is 371 g/mol. The monoisotopic (exact) mass is 371 g/mol. The van der Waals surface area contributed by atoms with Crippen LogP contribution in [0.25, 0.3) is 0 Å². The number of rotatable bonds is 2. The van der Waals surface area contributed by atoms with Crippen LogP contribution in [-0.2, 0) is 9.84 Å². The number of halogens is 6. The van der Waals surface area contributed by atoms with Crippen molar-refractivity contribution in [2.24, 2.45) is 0 Å². The highest BCUT2D eigenvalue weighted by Gasteiger charge is 2.51. The number of hydrogen-bond donors (Lipinski definition) is 0. The molecule has 130 valence electrons. The minimum absolute atomic E-state index is 0.364. The Morgan fingerprint density at radius 2 is 1.88 bits per heavy atom. The molecule has 0 saturated carbocycles. The SMILES string of the molecule is O=S(=O)(c1nc2n(n1)[C@@H](c1cccc(F)c1F)C[C@H]2F)C(F)(F)F. The van der Waals surface area contributed by atoms with E-state index in [0.29, 0.717) is 4.68 Å². The maximum absolute atomic E-state index is 14.0. The predicted molar refractivity (Wildman–Crippen MR) is 66.2 cm³/mol. The van der Waals surface area contributed by atoms with Gasteiger partial charge in [0.2, 0.25) is 0 Å². The van der Waals surface area contributed by atoms with Crippen LogP contribution >= 0.6 is 0 Å². The van der Waals surface area contributed by atoms with E-state index in [1.165, 1.54) is 0 Å². The third-order valence-electron chi connectivity index (χ3n) is 3.53. The standard InChI is InChI=1S/C12H7F6N3O2S/c13-6-3-1-2-5(9(6)15)8-4-7(14)10-19-11(20-21(8)10)24(22,23)12(16,17)18/h1-3,7-8H,4H2/t7-,8-/m1/s1. The molecule has 12 heteroatoms. The van der Waals surface area contributed by atoms with Crippen molar-refractivity contribution in [2.75, 3.05) is 0 Å². The highest BCUT2D eigenvalue weighted by Crippen LogP contribution is 2.41. The minimum atomic E-state index is -5.88. The molecule has 0 N–H and O–H groups in total. The Labute approximate surface area is 130 Å². The van der Waals surface area contributed by atoms with Crippen molar-refractivity contribution in [1.82, 2.24) is 14.8 Å². The summed E-state index contributed by atoms with van der Waals surface area (Å²) in [4.78, 5) is 3.09. The summed E-state index contributed by atoms with van der Waals surface area (Å²) in [5.74, 6) is -3.25. The maximum atomic E-state index is 14.0. The Hall–Kier alpha value is -2.11. The fourth-order valence-corrected chi connectivity index (χ4v) is 3.03. The van der Waals surface area contributed by atoms with Crippen LogP contribution in [0.3, 0.4) is 0 Å². The third kappa shape index (κ3) is 2.36. The molecule has 1 aliphatic heterocycles. The van der Waals surface area contributed by atoms with Gasteiger partial charge in [-0.3, -0.25) is 0 Å². The van der Waals surface area contributed by atoms with Gasteiger partial charge < -0.3 is 0 Å². The fourth-order valence-electron chi connectivity index (χ4n) is 2.41. The Kier molecular flexibility index (Phi) is 3.62. The van der Waals surface area contributed by atoms with Gasteiger partial charge in [-0.05, 0) is 6.07 Å². The lowest BCUT2D eigenvalue weighted by molar-refractivity contribution is -0.0440. The highest BCUT2D eigenvalue weighted by molar-refractivity contribution is 7.92. The quantitative estimate of drug-likeness (QED) is 0.762. The smallest absolute Gasteiger partial charge is 0.239 e. The van der Waals surface area contributed by atoms with Gasteiger partial charge in [0.15, 0.2) is 23.6 Å². The zero-order chi connectivity index (χ0) is 17.9. The molecule has 0 spiro atoms. The molecule has 24 heavy (non-hydrogen) atoms. The van der Waals surface area contributed by atoms with Crippen molar-refractivity contribution in [2.45, 2.75) is 29.3 Å². The lowest BCUT2D eigenvalue weighted by atomic mass is 10.0. The Morgan fingerprint density at radius 1 is 1.21 bits per heavy atom. The van der Waals surface area contributed by atoms with Gasteiger partial charge in [0.25, 0.3) is 5.16 Å². The molecule has 1 aromatic carbocycles. The van der Waals surface area contributed by atoms with Crippen molar-refractivity contribution >= 4 is 9.84 Å². The second-order valence-corrected chi connectivity index (χ2v) is 6.84. The van der Waals surface area contributed by atoms with Gasteiger partial charge >= 0.3 is 15.3 Å². The Balaban J connectivity index is 2.12. The van der Waals surface area contributed by atoms with E-state index in [9.17, 15) is 34.8 Å². The van der Waals surface area contributed by atoms with Gasteiger partial charge in [0.05, 0.1) is 6.04 Å². The molecule has 5 nitrogen and oxygen atoms in total. The molecule has 1 aromatic heterocycles. The zero-order valence-corrected chi connectivity index (χ0v) is 12.2. The van der Waals surface area contributed by atoms with Crippen LogP contribution < -0.4 is 0 Å². The molecule has 3 rings (SSSR count). The Bertz CT molecular complexity index is 908. The van der Waals surface area contributed by atoms with Gasteiger partial charge in [0, 0.05) is 12.0 Å². The first-order chi connectivity index (χ1) is 11.0. The summed E-state index contributed by atoms with van der Waals surface area (Å²) in [5.41, 5.74) is -6.03. The number of benzene rings is 1. The topological polar surface area (TPSA) is 64.8 Å². The summed E-state index contributed by atoms with van der Waals surface area (Å²) in [6.45, 7) is 0. The molecule has 1 aliphatic rings. The average Bonchev–Trinajstić information content (AvgIpc) is 3.02. The number of alkyl halides is 4. The molecule has 0 aliphatic carbocycles. The molecule has 0 radical (unpaired) electrons. The first kappa shape index (κ1) is 16.7. The van der Waals surface area contributed by atoms with Crippen LogP contribution in [-0.4, -0.2) is 28.7 Å². The number of fused-ring (bicyclic) bond motifs is 1. The van der Waals surface area contributed by atoms with Crippen molar-refractivity contribution in [3.05, 3.63) is 41.2 Å². The molecule has 0 saturated heterocycles. The van der Waals surface area contributed by atoms with Crippen LogP contribution in [0.2, 0.25) is 0 Å². The van der Waals surface area contributed by atoms with E-state index >= 15 is 0 Å². The predicted octanol–water partition coefficient (Wildman–Crippen LogP) is 2.85. The second-order valence-electron chi connectivity index (χ2n) is 5.01. The third-order valence-corrected chi connectivity index (χ3v) is 4.79. The number of sulfone groups is 1. The molecule has 0 bridgehead atoms. The van der Waals surface area contributed by atoms with Gasteiger partial charge in [0.1, 0.15) is 0 Å². The first-order valence-electron chi connectivity index (χ1n) is 6.40. The summed E-state index contributed by atoms with van der Waals surface area (Å²) >= 11 is 0. The maximum Gasteiger partial charge on any atom is 0.505 e. The number of aromatic nitrogens is 3. The van der Waals surface area contributed by atoms with Gasteiger partial charge in [-0.15, -0.1) is 5.10 Å². The van der Waals surface area contributed by atoms with Crippen LogP contribution in [0.4, 0.5) is 26.3 Å². The van der Waals surface area contributed by atoms with Crippen molar-refractivity contribution in [3.8, 4) is 0 Å². The molecule has 2 heterocycles. The van der Waals surface area contributed by atoms with Gasteiger partial charge in [-0.2, -0.15) is 18.2 Å². The van der Waals surface area contributed by atoms with E-state index < -0.39 is 56.6 Å². The lowest BCUT2D eigenvalue weighted by Gasteiger charge is -2.13. The van der Waals surface area contributed by atoms with Crippen LogP contribution in [0.15, 0.2) is 23.4 Å². The summed E-state index contributed by atoms with van der Waals surface area (Å²) < 4.78 is 102. The number of hydrogen-bond acceptors (Lipinski definition) is 4. The van der Waals surface area contributed by atoms with Crippen LogP contribution in [0.5, 0.6) is 0 Å². The molecule has 2 atom stereocenters. The van der Waals surface area contributed by atoms with E-state index in [-0.39, 0.29) is 5.56 Å². The summed E-state index contributed by atoms with van der Waals surface area (Å²) in [5, 5.41) is 1.55. The molecule has 0 unspecified atom stereocenters. The summed E-state index contributed by atoms with van der Waals surface area (Å²) in [6.07, 6.45) is -2.43. The molecule has 0 amide bonds. The first-order valence-corrected chi connectivity index (χ1v) is 7.88.